The van der Waals surface area contributed by atoms with Crippen molar-refractivity contribution >= 4 is 11.6 Å². The van der Waals surface area contributed by atoms with Crippen LogP contribution < -0.4 is 11.1 Å². The minimum atomic E-state index is 0.0896. The molecular weight excluding hydrogens is 302 g/mol. The Kier molecular flexibility index (Phi) is 5.41. The predicted molar refractivity (Wildman–Crippen MR) is 95.8 cm³/mol. The van der Waals surface area contributed by atoms with Crippen molar-refractivity contribution < 1.29 is 9.53 Å². The predicted octanol–water partition coefficient (Wildman–Crippen LogP) is 1.96. The summed E-state index contributed by atoms with van der Waals surface area (Å²) < 4.78 is 5.51. The Bertz CT molecular complexity index is 546. The molecule has 24 heavy (non-hydrogen) atoms. The zero-order valence-corrected chi connectivity index (χ0v) is 14.6. The van der Waals surface area contributed by atoms with Crippen molar-refractivity contribution in [2.24, 2.45) is 0 Å². The third kappa shape index (κ3) is 3.73. The zero-order valence-electron chi connectivity index (χ0n) is 14.6. The first-order valence-electron chi connectivity index (χ1n) is 9.07. The average Bonchev–Trinajstić information content (AvgIpc) is 3.09. The largest absolute Gasteiger partial charge is 0.399 e. The number of hydrogen-bond acceptors (Lipinski definition) is 4. The molecule has 1 aromatic rings. The van der Waals surface area contributed by atoms with E-state index in [-0.39, 0.29) is 17.5 Å². The third-order valence-electron chi connectivity index (χ3n) is 5.64. The summed E-state index contributed by atoms with van der Waals surface area (Å²) in [7, 11) is 0. The lowest BCUT2D eigenvalue weighted by Crippen LogP contribution is -2.62. The Morgan fingerprint density at radius 3 is 2.50 bits per heavy atom. The van der Waals surface area contributed by atoms with Gasteiger partial charge in [0.15, 0.2) is 0 Å². The van der Waals surface area contributed by atoms with Crippen LogP contribution in [0.2, 0.25) is 0 Å². The summed E-state index contributed by atoms with van der Waals surface area (Å²) in [5.41, 5.74) is 7.53. The molecule has 1 saturated heterocycles. The maximum absolute atomic E-state index is 12.5. The quantitative estimate of drug-likeness (QED) is 0.810. The second-order valence-electron chi connectivity index (χ2n) is 7.12. The van der Waals surface area contributed by atoms with E-state index in [2.05, 4.69) is 17.1 Å². The summed E-state index contributed by atoms with van der Waals surface area (Å²) in [6, 6.07) is 7.69. The second-order valence-corrected chi connectivity index (χ2v) is 7.12. The van der Waals surface area contributed by atoms with Crippen molar-refractivity contribution in [2.45, 2.75) is 50.6 Å². The number of nitrogens with two attached hydrogens (primary N) is 1. The van der Waals surface area contributed by atoms with E-state index in [9.17, 15) is 4.79 Å². The molecule has 5 heteroatoms. The first-order valence-corrected chi connectivity index (χ1v) is 9.07. The Morgan fingerprint density at radius 1 is 1.25 bits per heavy atom. The van der Waals surface area contributed by atoms with Crippen LogP contribution in [0.1, 0.15) is 38.2 Å². The molecule has 0 spiro atoms. The van der Waals surface area contributed by atoms with Gasteiger partial charge in [0, 0.05) is 30.4 Å². The van der Waals surface area contributed by atoms with Crippen LogP contribution in [0.5, 0.6) is 0 Å². The molecule has 1 aliphatic heterocycles. The van der Waals surface area contributed by atoms with Gasteiger partial charge in [0.25, 0.3) is 0 Å². The number of carbonyl (C=O) groups is 1. The van der Waals surface area contributed by atoms with Crippen molar-refractivity contribution in [3.63, 3.8) is 0 Å². The summed E-state index contributed by atoms with van der Waals surface area (Å²) >= 11 is 0. The van der Waals surface area contributed by atoms with Gasteiger partial charge in [0.1, 0.15) is 0 Å². The van der Waals surface area contributed by atoms with Crippen LogP contribution in [0.25, 0.3) is 0 Å². The first kappa shape index (κ1) is 17.2. The molecule has 1 heterocycles. The van der Waals surface area contributed by atoms with E-state index >= 15 is 0 Å². The highest BCUT2D eigenvalue weighted by atomic mass is 16.5. The van der Waals surface area contributed by atoms with E-state index in [0.717, 1.165) is 50.4 Å². The van der Waals surface area contributed by atoms with Crippen LogP contribution in [-0.2, 0) is 16.0 Å². The van der Waals surface area contributed by atoms with E-state index in [1.165, 1.54) is 12.8 Å². The molecule has 1 atom stereocenters. The van der Waals surface area contributed by atoms with Crippen molar-refractivity contribution in [2.75, 3.05) is 32.0 Å². The number of hydrogen-bond donors (Lipinski definition) is 2. The standard InChI is InChI=1S/C19H29N3O2/c1-15(21-18(23)14-16-4-6-17(20)7-5-16)19(8-2-3-9-19)22-10-12-24-13-11-22/h4-7,15H,2-3,8-14,20H2,1H3,(H,21,23). The first-order chi connectivity index (χ1) is 11.6. The van der Waals surface area contributed by atoms with Crippen molar-refractivity contribution in [1.29, 1.82) is 0 Å². The van der Waals surface area contributed by atoms with Gasteiger partial charge in [-0.3, -0.25) is 9.69 Å². The van der Waals surface area contributed by atoms with Crippen LogP contribution in [-0.4, -0.2) is 48.7 Å². The fourth-order valence-electron chi connectivity index (χ4n) is 4.27. The molecule has 2 fully saturated rings. The molecule has 1 unspecified atom stereocenters. The number of carbonyl (C=O) groups excluding carboxylic acids is 1. The number of benzene rings is 1. The molecule has 5 nitrogen and oxygen atoms in total. The van der Waals surface area contributed by atoms with Gasteiger partial charge >= 0.3 is 0 Å². The SMILES string of the molecule is CC(NC(=O)Cc1ccc(N)cc1)C1(N2CCOCC2)CCCC1. The molecule has 3 rings (SSSR count). The smallest absolute Gasteiger partial charge is 0.224 e. The Balaban J connectivity index is 1.63. The minimum Gasteiger partial charge on any atom is -0.399 e. The van der Waals surface area contributed by atoms with Crippen LogP contribution >= 0.6 is 0 Å². The molecule has 1 aliphatic carbocycles. The molecule has 1 saturated carbocycles. The summed E-state index contributed by atoms with van der Waals surface area (Å²) in [6.07, 6.45) is 5.22. The molecule has 2 aliphatic rings. The zero-order chi connectivity index (χ0) is 17.0. The van der Waals surface area contributed by atoms with Crippen LogP contribution in [0.3, 0.4) is 0 Å². The van der Waals surface area contributed by atoms with Gasteiger partial charge in [-0.1, -0.05) is 25.0 Å². The molecule has 0 aromatic heterocycles. The highest BCUT2D eigenvalue weighted by molar-refractivity contribution is 5.79. The van der Waals surface area contributed by atoms with Gasteiger partial charge in [-0.25, -0.2) is 0 Å². The molecular formula is C19H29N3O2. The van der Waals surface area contributed by atoms with Crippen molar-refractivity contribution in [1.82, 2.24) is 10.2 Å². The topological polar surface area (TPSA) is 67.6 Å². The number of anilines is 1. The van der Waals surface area contributed by atoms with Crippen molar-refractivity contribution in [3.05, 3.63) is 29.8 Å². The third-order valence-corrected chi connectivity index (χ3v) is 5.64. The molecule has 0 radical (unpaired) electrons. The van der Waals surface area contributed by atoms with E-state index in [0.29, 0.717) is 6.42 Å². The summed E-state index contributed by atoms with van der Waals surface area (Å²) in [4.78, 5) is 15.1. The van der Waals surface area contributed by atoms with Gasteiger partial charge in [-0.15, -0.1) is 0 Å². The molecule has 1 aromatic carbocycles. The average molecular weight is 331 g/mol. The van der Waals surface area contributed by atoms with Gasteiger partial charge in [0.05, 0.1) is 19.6 Å². The summed E-state index contributed by atoms with van der Waals surface area (Å²) in [5.74, 6) is 0.0896. The number of rotatable bonds is 5. The fourth-order valence-corrected chi connectivity index (χ4v) is 4.27. The lowest BCUT2D eigenvalue weighted by molar-refractivity contribution is -0.122. The maximum atomic E-state index is 12.5. The van der Waals surface area contributed by atoms with Crippen LogP contribution in [0, 0.1) is 0 Å². The van der Waals surface area contributed by atoms with Crippen LogP contribution in [0.15, 0.2) is 24.3 Å². The van der Waals surface area contributed by atoms with E-state index in [1.54, 1.807) is 0 Å². The van der Waals surface area contributed by atoms with Gasteiger partial charge in [0.2, 0.25) is 5.91 Å². The fraction of sp³-hybridized carbons (Fsp3) is 0.632. The highest BCUT2D eigenvalue weighted by Gasteiger charge is 2.44. The molecule has 1 amide bonds. The highest BCUT2D eigenvalue weighted by Crippen LogP contribution is 2.38. The number of morpholine rings is 1. The Morgan fingerprint density at radius 2 is 1.88 bits per heavy atom. The lowest BCUT2D eigenvalue weighted by Gasteiger charge is -2.47. The maximum Gasteiger partial charge on any atom is 0.224 e. The molecule has 0 bridgehead atoms. The number of nitrogens with one attached hydrogen (secondary N) is 1. The monoisotopic (exact) mass is 331 g/mol. The molecule has 132 valence electrons. The molecule has 3 N–H and O–H groups in total. The second kappa shape index (κ2) is 7.53. The number of nitrogens with zero attached hydrogens (tertiary/aromatic N) is 1. The number of ether oxygens (including phenoxy) is 1. The van der Waals surface area contributed by atoms with Gasteiger partial charge in [-0.05, 0) is 37.5 Å². The Hall–Kier alpha value is -1.59. The minimum absolute atomic E-state index is 0.0896. The van der Waals surface area contributed by atoms with Gasteiger partial charge < -0.3 is 15.8 Å². The van der Waals surface area contributed by atoms with Gasteiger partial charge in [-0.2, -0.15) is 0 Å². The van der Waals surface area contributed by atoms with E-state index in [1.807, 2.05) is 24.3 Å². The summed E-state index contributed by atoms with van der Waals surface area (Å²) in [5, 5.41) is 3.27. The van der Waals surface area contributed by atoms with Crippen molar-refractivity contribution in [3.8, 4) is 0 Å². The number of nitrogen functional groups attached to an aromatic ring is 1. The Labute approximate surface area is 144 Å². The van der Waals surface area contributed by atoms with E-state index in [4.69, 9.17) is 10.5 Å². The van der Waals surface area contributed by atoms with E-state index < -0.39 is 0 Å². The summed E-state index contributed by atoms with van der Waals surface area (Å²) in [6.45, 7) is 5.71. The lowest BCUT2D eigenvalue weighted by atomic mass is 9.86. The number of amides is 1. The van der Waals surface area contributed by atoms with Crippen LogP contribution in [0.4, 0.5) is 5.69 Å². The normalized spacial score (nSPS) is 22.2.